The summed E-state index contributed by atoms with van der Waals surface area (Å²) in [7, 11) is 0. The summed E-state index contributed by atoms with van der Waals surface area (Å²) in [6, 6.07) is 10.5. The number of carbonyl (C=O) groups excluding carboxylic acids is 1. The van der Waals surface area contributed by atoms with Gasteiger partial charge in [-0.15, -0.1) is 0 Å². The van der Waals surface area contributed by atoms with Crippen LogP contribution in [0.25, 0.3) is 16.7 Å². The fraction of sp³-hybridized carbons (Fsp3) is 0.455. The summed E-state index contributed by atoms with van der Waals surface area (Å²) in [5.74, 6) is 0.580. The van der Waals surface area contributed by atoms with Crippen molar-refractivity contribution in [1.82, 2.24) is 24.6 Å². The first-order valence-corrected chi connectivity index (χ1v) is 11.3. The minimum absolute atomic E-state index is 0.194. The number of aromatic nitrogens is 4. The van der Waals surface area contributed by atoms with Crippen molar-refractivity contribution in [1.29, 1.82) is 0 Å². The quantitative estimate of drug-likeness (QED) is 0.444. The lowest BCUT2D eigenvalue weighted by atomic mass is 9.93. The number of para-hydroxylation sites is 1. The van der Waals surface area contributed by atoms with E-state index in [0.717, 1.165) is 34.6 Å². The van der Waals surface area contributed by atoms with Crippen LogP contribution in [0.1, 0.15) is 46.0 Å². The zero-order valence-corrected chi connectivity index (χ0v) is 17.8. The third-order valence-electron chi connectivity index (χ3n) is 5.47. The molecular weight excluding hydrogens is 382 g/mol. The number of hydrogen-bond donors (Lipinski definition) is 0. The number of nitrogens with zero attached hydrogens (tertiary/aromatic N) is 5. The van der Waals surface area contributed by atoms with Crippen molar-refractivity contribution in [3.63, 3.8) is 0 Å². The van der Waals surface area contributed by atoms with E-state index in [9.17, 15) is 4.79 Å². The Morgan fingerprint density at radius 1 is 1.17 bits per heavy atom. The van der Waals surface area contributed by atoms with Crippen molar-refractivity contribution < 1.29 is 4.79 Å². The maximum Gasteiger partial charge on any atom is 0.233 e. The number of thioether (sulfide) groups is 1. The lowest BCUT2D eigenvalue weighted by Gasteiger charge is -2.37. The number of benzene rings is 1. The molecule has 4 rings (SSSR count). The molecular formula is C22H27N5OS. The third kappa shape index (κ3) is 4.29. The van der Waals surface area contributed by atoms with Crippen LogP contribution in [-0.2, 0) is 4.79 Å². The second-order valence-electron chi connectivity index (χ2n) is 7.78. The zero-order chi connectivity index (χ0) is 20.2. The van der Waals surface area contributed by atoms with Crippen molar-refractivity contribution in [2.75, 3.05) is 5.75 Å². The van der Waals surface area contributed by atoms with E-state index in [1.165, 1.54) is 31.0 Å². The van der Waals surface area contributed by atoms with Gasteiger partial charge in [-0.3, -0.25) is 4.79 Å². The summed E-state index contributed by atoms with van der Waals surface area (Å²) in [5.41, 5.74) is 1.71. The van der Waals surface area contributed by atoms with Gasteiger partial charge in [0.05, 0.1) is 23.0 Å². The van der Waals surface area contributed by atoms with Gasteiger partial charge in [0.25, 0.3) is 0 Å². The molecule has 0 spiro atoms. The van der Waals surface area contributed by atoms with E-state index < -0.39 is 0 Å². The van der Waals surface area contributed by atoms with Gasteiger partial charge in [0.2, 0.25) is 5.91 Å². The molecule has 0 atom stereocenters. The van der Waals surface area contributed by atoms with Crippen molar-refractivity contribution in [3.8, 4) is 5.69 Å². The molecule has 2 aromatic heterocycles. The van der Waals surface area contributed by atoms with Gasteiger partial charge in [-0.25, -0.2) is 14.6 Å². The molecule has 7 heteroatoms. The third-order valence-corrected chi connectivity index (χ3v) is 6.46. The topological polar surface area (TPSA) is 63.9 Å². The number of fused-ring (bicyclic) bond motifs is 1. The highest BCUT2D eigenvalue weighted by Gasteiger charge is 2.27. The van der Waals surface area contributed by atoms with Crippen LogP contribution in [0.5, 0.6) is 0 Å². The molecule has 6 nitrogen and oxygen atoms in total. The second-order valence-corrected chi connectivity index (χ2v) is 8.75. The number of hydrogen-bond acceptors (Lipinski definition) is 5. The Balaban J connectivity index is 1.52. The first-order valence-electron chi connectivity index (χ1n) is 10.3. The van der Waals surface area contributed by atoms with Gasteiger partial charge in [0.1, 0.15) is 11.4 Å². The van der Waals surface area contributed by atoms with E-state index in [0.29, 0.717) is 11.8 Å². The Morgan fingerprint density at radius 3 is 2.66 bits per heavy atom. The minimum Gasteiger partial charge on any atom is -0.337 e. The lowest BCUT2D eigenvalue weighted by molar-refractivity contribution is -0.133. The molecule has 152 valence electrons. The Morgan fingerprint density at radius 2 is 1.93 bits per heavy atom. The molecule has 29 heavy (non-hydrogen) atoms. The van der Waals surface area contributed by atoms with Crippen LogP contribution >= 0.6 is 11.8 Å². The Bertz CT molecular complexity index is 966. The van der Waals surface area contributed by atoms with E-state index in [2.05, 4.69) is 33.8 Å². The molecule has 2 heterocycles. The van der Waals surface area contributed by atoms with Crippen LogP contribution in [0.3, 0.4) is 0 Å². The number of carbonyl (C=O) groups is 1. The molecule has 1 aromatic carbocycles. The highest BCUT2D eigenvalue weighted by Crippen LogP contribution is 2.28. The summed E-state index contributed by atoms with van der Waals surface area (Å²) in [5, 5.41) is 6.18. The highest BCUT2D eigenvalue weighted by atomic mass is 32.2. The van der Waals surface area contributed by atoms with Crippen LogP contribution in [-0.4, -0.2) is 48.4 Å². The van der Waals surface area contributed by atoms with Crippen molar-refractivity contribution >= 4 is 28.7 Å². The smallest absolute Gasteiger partial charge is 0.233 e. The van der Waals surface area contributed by atoms with Crippen LogP contribution in [0.2, 0.25) is 0 Å². The normalized spacial score (nSPS) is 15.1. The SMILES string of the molecule is CC(C)N(C(=O)CSc1ncnc2c1cnn2-c1ccccc1)C1CCCCC1. The first-order chi connectivity index (χ1) is 14.1. The van der Waals surface area contributed by atoms with Gasteiger partial charge >= 0.3 is 0 Å². The molecule has 1 saturated carbocycles. The number of amides is 1. The zero-order valence-electron chi connectivity index (χ0n) is 17.0. The van der Waals surface area contributed by atoms with Crippen LogP contribution < -0.4 is 0 Å². The molecule has 1 amide bonds. The monoisotopic (exact) mass is 409 g/mol. The Hall–Kier alpha value is -2.41. The first kappa shape index (κ1) is 19.9. The van der Waals surface area contributed by atoms with Gasteiger partial charge in [-0.1, -0.05) is 49.2 Å². The van der Waals surface area contributed by atoms with Gasteiger partial charge in [0, 0.05) is 12.1 Å². The fourth-order valence-electron chi connectivity index (χ4n) is 4.17. The average Bonchev–Trinajstić information content (AvgIpc) is 3.18. The minimum atomic E-state index is 0.194. The molecule has 3 aromatic rings. The van der Waals surface area contributed by atoms with Crippen LogP contribution in [0.15, 0.2) is 47.9 Å². The van der Waals surface area contributed by atoms with Crippen molar-refractivity contribution in [3.05, 3.63) is 42.9 Å². The average molecular weight is 410 g/mol. The Kier molecular flexibility index (Phi) is 6.13. The summed E-state index contributed by atoms with van der Waals surface area (Å²) in [6.07, 6.45) is 9.31. The van der Waals surface area contributed by atoms with Gasteiger partial charge < -0.3 is 4.90 Å². The largest absolute Gasteiger partial charge is 0.337 e. The maximum atomic E-state index is 13.1. The van der Waals surface area contributed by atoms with E-state index in [4.69, 9.17) is 0 Å². The molecule has 0 saturated heterocycles. The van der Waals surface area contributed by atoms with Gasteiger partial charge in [0.15, 0.2) is 5.65 Å². The maximum absolute atomic E-state index is 13.1. The van der Waals surface area contributed by atoms with Crippen molar-refractivity contribution in [2.45, 2.75) is 63.1 Å². The summed E-state index contributed by atoms with van der Waals surface area (Å²) in [6.45, 7) is 4.23. The summed E-state index contributed by atoms with van der Waals surface area (Å²) in [4.78, 5) is 24.0. The van der Waals surface area contributed by atoms with E-state index >= 15 is 0 Å². The summed E-state index contributed by atoms with van der Waals surface area (Å²) < 4.78 is 1.81. The molecule has 1 aliphatic rings. The molecule has 1 fully saturated rings. The molecule has 0 N–H and O–H groups in total. The van der Waals surface area contributed by atoms with E-state index in [1.54, 1.807) is 12.5 Å². The summed E-state index contributed by atoms with van der Waals surface area (Å²) >= 11 is 1.48. The van der Waals surface area contributed by atoms with Crippen LogP contribution in [0.4, 0.5) is 0 Å². The molecule has 0 bridgehead atoms. The molecule has 0 radical (unpaired) electrons. The Labute approximate surface area is 175 Å². The predicted octanol–water partition coefficient (Wildman–Crippen LogP) is 4.48. The van der Waals surface area contributed by atoms with Gasteiger partial charge in [-0.2, -0.15) is 5.10 Å². The number of rotatable bonds is 6. The van der Waals surface area contributed by atoms with E-state index in [-0.39, 0.29) is 11.9 Å². The van der Waals surface area contributed by atoms with E-state index in [1.807, 2.05) is 35.0 Å². The predicted molar refractivity (Wildman–Crippen MR) is 116 cm³/mol. The van der Waals surface area contributed by atoms with Crippen molar-refractivity contribution in [2.24, 2.45) is 0 Å². The van der Waals surface area contributed by atoms with Gasteiger partial charge in [-0.05, 0) is 38.8 Å². The standard InChI is InChI=1S/C22H27N5OS/c1-16(2)26(17-9-5-3-6-10-17)20(28)14-29-22-19-13-25-27(21(19)23-15-24-22)18-11-7-4-8-12-18/h4,7-8,11-13,15-17H,3,5-6,9-10,14H2,1-2H3. The highest BCUT2D eigenvalue weighted by molar-refractivity contribution is 8.00. The lowest BCUT2D eigenvalue weighted by Crippen LogP contribution is -2.46. The second kappa shape index (κ2) is 8.95. The molecule has 0 unspecified atom stereocenters. The molecule has 1 aliphatic carbocycles. The fourth-order valence-corrected chi connectivity index (χ4v) is 5.00. The van der Waals surface area contributed by atoms with Crippen LogP contribution in [0, 0.1) is 0 Å². The molecule has 0 aliphatic heterocycles.